The molecule has 0 saturated heterocycles. The summed E-state index contributed by atoms with van der Waals surface area (Å²) in [6.45, 7) is 0.337. The molecule has 0 bridgehead atoms. The SMILES string of the molecule is N#Cc1cc(F)c(NC(CN)C2CCCC2)c(F)c1. The fraction of sp³-hybridized carbons (Fsp3) is 0.500. The molecule has 1 aliphatic carbocycles. The molecule has 102 valence electrons. The van der Waals surface area contributed by atoms with Crippen LogP contribution in [0.4, 0.5) is 14.5 Å². The lowest BCUT2D eigenvalue weighted by Crippen LogP contribution is -2.35. The van der Waals surface area contributed by atoms with E-state index in [2.05, 4.69) is 5.32 Å². The third-order valence-electron chi connectivity index (χ3n) is 3.72. The first-order valence-corrected chi connectivity index (χ1v) is 6.51. The van der Waals surface area contributed by atoms with E-state index in [9.17, 15) is 8.78 Å². The molecular weight excluding hydrogens is 248 g/mol. The number of nitrogens with one attached hydrogen (secondary N) is 1. The molecule has 5 heteroatoms. The van der Waals surface area contributed by atoms with Gasteiger partial charge in [-0.2, -0.15) is 5.26 Å². The number of nitrogens with two attached hydrogens (primary N) is 1. The quantitative estimate of drug-likeness (QED) is 0.880. The molecule has 1 aromatic rings. The van der Waals surface area contributed by atoms with E-state index < -0.39 is 11.6 Å². The van der Waals surface area contributed by atoms with E-state index in [0.29, 0.717) is 12.5 Å². The van der Waals surface area contributed by atoms with Crippen molar-refractivity contribution in [1.29, 1.82) is 5.26 Å². The van der Waals surface area contributed by atoms with Crippen LogP contribution in [0, 0.1) is 28.9 Å². The van der Waals surface area contributed by atoms with Crippen LogP contribution >= 0.6 is 0 Å². The molecule has 3 N–H and O–H groups in total. The normalized spacial score (nSPS) is 17.2. The number of benzene rings is 1. The van der Waals surface area contributed by atoms with E-state index >= 15 is 0 Å². The number of nitriles is 1. The van der Waals surface area contributed by atoms with Crippen LogP contribution < -0.4 is 11.1 Å². The lowest BCUT2D eigenvalue weighted by molar-refractivity contribution is 0.456. The smallest absolute Gasteiger partial charge is 0.150 e. The Bertz CT molecular complexity index is 467. The summed E-state index contributed by atoms with van der Waals surface area (Å²) in [6.07, 6.45) is 4.35. The van der Waals surface area contributed by atoms with Crippen molar-refractivity contribution in [3.63, 3.8) is 0 Å². The minimum Gasteiger partial charge on any atom is -0.376 e. The highest BCUT2D eigenvalue weighted by Gasteiger charge is 2.25. The maximum Gasteiger partial charge on any atom is 0.150 e. The van der Waals surface area contributed by atoms with Crippen molar-refractivity contribution < 1.29 is 8.78 Å². The summed E-state index contributed by atoms with van der Waals surface area (Å²) in [6, 6.07) is 3.67. The van der Waals surface area contributed by atoms with Gasteiger partial charge in [0.1, 0.15) is 5.69 Å². The summed E-state index contributed by atoms with van der Waals surface area (Å²) in [5.41, 5.74) is 5.50. The maximum atomic E-state index is 13.8. The summed E-state index contributed by atoms with van der Waals surface area (Å²) in [7, 11) is 0. The summed E-state index contributed by atoms with van der Waals surface area (Å²) < 4.78 is 27.6. The van der Waals surface area contributed by atoms with Gasteiger partial charge in [0.15, 0.2) is 11.6 Å². The van der Waals surface area contributed by atoms with Gasteiger partial charge in [0.2, 0.25) is 0 Å². The Kier molecular flexibility index (Phi) is 4.33. The molecule has 0 radical (unpaired) electrons. The highest BCUT2D eigenvalue weighted by atomic mass is 19.1. The monoisotopic (exact) mass is 265 g/mol. The van der Waals surface area contributed by atoms with Gasteiger partial charge in [-0.3, -0.25) is 0 Å². The molecule has 1 atom stereocenters. The molecule has 0 heterocycles. The number of hydrogen-bond acceptors (Lipinski definition) is 3. The van der Waals surface area contributed by atoms with Crippen molar-refractivity contribution in [1.82, 2.24) is 0 Å². The van der Waals surface area contributed by atoms with Crippen LogP contribution in [0.2, 0.25) is 0 Å². The number of anilines is 1. The molecule has 0 spiro atoms. The third kappa shape index (κ3) is 3.02. The van der Waals surface area contributed by atoms with Gasteiger partial charge >= 0.3 is 0 Å². The van der Waals surface area contributed by atoms with E-state index in [0.717, 1.165) is 37.8 Å². The van der Waals surface area contributed by atoms with Crippen molar-refractivity contribution in [2.45, 2.75) is 31.7 Å². The minimum absolute atomic E-state index is 0.0225. The fourth-order valence-electron chi connectivity index (χ4n) is 2.69. The van der Waals surface area contributed by atoms with Crippen molar-refractivity contribution in [3.8, 4) is 6.07 Å². The van der Waals surface area contributed by atoms with Crippen LogP contribution in [0.3, 0.4) is 0 Å². The standard InChI is InChI=1S/C14H17F2N3/c15-11-5-9(7-17)6-12(16)14(11)19-13(8-18)10-3-1-2-4-10/h5-6,10,13,19H,1-4,8,18H2. The zero-order valence-electron chi connectivity index (χ0n) is 10.6. The summed E-state index contributed by atoms with van der Waals surface area (Å²) >= 11 is 0. The summed E-state index contributed by atoms with van der Waals surface area (Å²) in [4.78, 5) is 0. The van der Waals surface area contributed by atoms with Crippen LogP contribution in [-0.4, -0.2) is 12.6 Å². The molecule has 2 rings (SSSR count). The molecule has 1 aromatic carbocycles. The molecule has 3 nitrogen and oxygen atoms in total. The van der Waals surface area contributed by atoms with Crippen LogP contribution in [0.25, 0.3) is 0 Å². The van der Waals surface area contributed by atoms with Crippen LogP contribution in [0.15, 0.2) is 12.1 Å². The van der Waals surface area contributed by atoms with Crippen molar-refractivity contribution >= 4 is 5.69 Å². The van der Waals surface area contributed by atoms with Crippen LogP contribution in [0.5, 0.6) is 0 Å². The second kappa shape index (κ2) is 5.98. The molecule has 0 aliphatic heterocycles. The first kappa shape index (κ1) is 13.8. The van der Waals surface area contributed by atoms with Gasteiger partial charge in [-0.15, -0.1) is 0 Å². The van der Waals surface area contributed by atoms with Crippen LogP contribution in [-0.2, 0) is 0 Å². The zero-order chi connectivity index (χ0) is 13.8. The van der Waals surface area contributed by atoms with Crippen LogP contribution in [0.1, 0.15) is 31.2 Å². The van der Waals surface area contributed by atoms with Gasteiger partial charge in [0.25, 0.3) is 0 Å². The van der Waals surface area contributed by atoms with Gasteiger partial charge in [-0.05, 0) is 30.9 Å². The molecule has 0 aromatic heterocycles. The molecule has 19 heavy (non-hydrogen) atoms. The maximum absolute atomic E-state index is 13.8. The highest BCUT2D eigenvalue weighted by molar-refractivity contribution is 5.51. The second-order valence-corrected chi connectivity index (χ2v) is 4.96. The fourth-order valence-corrected chi connectivity index (χ4v) is 2.69. The first-order valence-electron chi connectivity index (χ1n) is 6.51. The zero-order valence-corrected chi connectivity index (χ0v) is 10.6. The third-order valence-corrected chi connectivity index (χ3v) is 3.72. The van der Waals surface area contributed by atoms with Gasteiger partial charge in [-0.1, -0.05) is 12.8 Å². The lowest BCUT2D eigenvalue weighted by Gasteiger charge is -2.24. The van der Waals surface area contributed by atoms with E-state index in [1.807, 2.05) is 0 Å². The second-order valence-electron chi connectivity index (χ2n) is 4.96. The Labute approximate surface area is 111 Å². The Morgan fingerprint density at radius 3 is 2.37 bits per heavy atom. The summed E-state index contributed by atoms with van der Waals surface area (Å²) in [5.74, 6) is -1.12. The van der Waals surface area contributed by atoms with E-state index in [1.165, 1.54) is 0 Å². The largest absolute Gasteiger partial charge is 0.376 e. The Morgan fingerprint density at radius 1 is 1.32 bits per heavy atom. The predicted molar refractivity (Wildman–Crippen MR) is 69.5 cm³/mol. The Hall–Kier alpha value is -1.67. The predicted octanol–water partition coefficient (Wildman–Crippen LogP) is 2.77. The number of hydrogen-bond donors (Lipinski definition) is 2. The number of halogens is 2. The average Bonchev–Trinajstić information content (AvgIpc) is 2.91. The molecule has 1 saturated carbocycles. The van der Waals surface area contributed by atoms with E-state index in [1.54, 1.807) is 6.07 Å². The van der Waals surface area contributed by atoms with E-state index in [-0.39, 0.29) is 17.3 Å². The van der Waals surface area contributed by atoms with Crippen molar-refractivity contribution in [2.24, 2.45) is 11.7 Å². The molecule has 0 amide bonds. The Morgan fingerprint density at radius 2 is 1.89 bits per heavy atom. The molecular formula is C14H17F2N3. The van der Waals surface area contributed by atoms with Crippen molar-refractivity contribution in [3.05, 3.63) is 29.3 Å². The topological polar surface area (TPSA) is 61.8 Å². The highest BCUT2D eigenvalue weighted by Crippen LogP contribution is 2.30. The van der Waals surface area contributed by atoms with Gasteiger partial charge < -0.3 is 11.1 Å². The van der Waals surface area contributed by atoms with Gasteiger partial charge in [-0.25, -0.2) is 8.78 Å². The number of rotatable bonds is 4. The van der Waals surface area contributed by atoms with Crippen molar-refractivity contribution in [2.75, 3.05) is 11.9 Å². The lowest BCUT2D eigenvalue weighted by atomic mass is 9.97. The average molecular weight is 265 g/mol. The molecule has 1 fully saturated rings. The Balaban J connectivity index is 2.19. The number of nitrogens with zero attached hydrogens (tertiary/aromatic N) is 1. The molecule has 1 unspecified atom stereocenters. The summed E-state index contributed by atoms with van der Waals surface area (Å²) in [5, 5.41) is 11.5. The first-order chi connectivity index (χ1) is 9.15. The van der Waals surface area contributed by atoms with E-state index in [4.69, 9.17) is 11.0 Å². The van der Waals surface area contributed by atoms with Gasteiger partial charge in [0.05, 0.1) is 11.6 Å². The van der Waals surface area contributed by atoms with Gasteiger partial charge in [0, 0.05) is 12.6 Å². The molecule has 1 aliphatic rings. The minimum atomic E-state index is -0.743.